The van der Waals surface area contributed by atoms with Gasteiger partial charge in [-0.1, -0.05) is 0 Å². The van der Waals surface area contributed by atoms with E-state index < -0.39 is 68.8 Å². The Morgan fingerprint density at radius 3 is 2.00 bits per heavy atom. The van der Waals surface area contributed by atoms with Crippen molar-refractivity contribution >= 4 is 0 Å². The molecule has 1 rings (SSSR count). The van der Waals surface area contributed by atoms with Crippen molar-refractivity contribution in [1.29, 1.82) is 0 Å². The van der Waals surface area contributed by atoms with Gasteiger partial charge in [-0.3, -0.25) is 0 Å². The maximum atomic E-state index is 9.73. The summed E-state index contributed by atoms with van der Waals surface area (Å²) < 4.78 is 10.1. The number of hydrogen-bond acceptors (Lipinski definition) is 10. The molecule has 0 amide bonds. The fourth-order valence-electron chi connectivity index (χ4n) is 1.94. The van der Waals surface area contributed by atoms with Gasteiger partial charge in [0.25, 0.3) is 0 Å². The predicted molar refractivity (Wildman–Crippen MR) is 64.8 cm³/mol. The van der Waals surface area contributed by atoms with Crippen LogP contribution in [0.2, 0.25) is 0 Å². The second-order valence-electron chi connectivity index (χ2n) is 4.79. The minimum absolute atomic E-state index is 0.656. The van der Waals surface area contributed by atoms with E-state index in [1.54, 1.807) is 0 Å². The standard InChI is InChI=1S/C11H22O10/c12-1-4(15)7(16)5(2-13)20-11-10(19)9(18)8(17)6(3-14)21-11/h4-19H,1-3H2/t4-,5-,6+,7-,8+,9-,10+,11+/m0/s1. The minimum atomic E-state index is -1.70. The highest BCUT2D eigenvalue weighted by molar-refractivity contribution is 4.90. The molecule has 21 heavy (non-hydrogen) atoms. The molecule has 0 saturated carbocycles. The molecule has 1 heterocycles. The summed E-state index contributed by atoms with van der Waals surface area (Å²) in [7, 11) is 0. The third-order valence-electron chi connectivity index (χ3n) is 3.30. The second kappa shape index (κ2) is 8.29. The van der Waals surface area contributed by atoms with E-state index in [1.165, 1.54) is 0 Å². The Balaban J connectivity index is 2.74. The average molecular weight is 314 g/mol. The number of hydrogen-bond donors (Lipinski definition) is 8. The van der Waals surface area contributed by atoms with Gasteiger partial charge in [0.05, 0.1) is 19.8 Å². The summed E-state index contributed by atoms with van der Waals surface area (Å²) in [6.45, 7) is -2.21. The molecule has 1 saturated heterocycles. The fraction of sp³-hybridized carbons (Fsp3) is 1.00. The second-order valence-corrected chi connectivity index (χ2v) is 4.79. The van der Waals surface area contributed by atoms with E-state index in [9.17, 15) is 25.5 Å². The van der Waals surface area contributed by atoms with Gasteiger partial charge in [0.15, 0.2) is 6.29 Å². The van der Waals surface area contributed by atoms with E-state index in [4.69, 9.17) is 24.8 Å². The van der Waals surface area contributed by atoms with E-state index in [2.05, 4.69) is 0 Å². The third kappa shape index (κ3) is 4.29. The van der Waals surface area contributed by atoms with Gasteiger partial charge in [0.2, 0.25) is 0 Å². The maximum absolute atomic E-state index is 9.73. The summed E-state index contributed by atoms with van der Waals surface area (Å²) in [6.07, 6.45) is -12.4. The van der Waals surface area contributed by atoms with Gasteiger partial charge in [-0.05, 0) is 0 Å². The lowest BCUT2D eigenvalue weighted by molar-refractivity contribution is -0.321. The van der Waals surface area contributed by atoms with Crippen molar-refractivity contribution < 1.29 is 50.3 Å². The van der Waals surface area contributed by atoms with Crippen molar-refractivity contribution in [2.24, 2.45) is 0 Å². The number of aliphatic hydroxyl groups excluding tert-OH is 8. The average Bonchev–Trinajstić information content (AvgIpc) is 2.50. The molecule has 8 atom stereocenters. The van der Waals surface area contributed by atoms with Gasteiger partial charge in [-0.15, -0.1) is 0 Å². The van der Waals surface area contributed by atoms with Crippen molar-refractivity contribution in [3.63, 3.8) is 0 Å². The van der Waals surface area contributed by atoms with Crippen LogP contribution in [-0.2, 0) is 9.47 Å². The molecule has 0 aromatic carbocycles. The van der Waals surface area contributed by atoms with E-state index in [0.717, 1.165) is 0 Å². The zero-order valence-electron chi connectivity index (χ0n) is 11.1. The van der Waals surface area contributed by atoms with Crippen molar-refractivity contribution in [3.8, 4) is 0 Å². The van der Waals surface area contributed by atoms with Gasteiger partial charge in [-0.25, -0.2) is 0 Å². The quantitative estimate of drug-likeness (QED) is 0.226. The fourth-order valence-corrected chi connectivity index (χ4v) is 1.94. The zero-order valence-corrected chi connectivity index (χ0v) is 11.1. The van der Waals surface area contributed by atoms with Crippen molar-refractivity contribution in [2.45, 2.75) is 49.0 Å². The minimum Gasteiger partial charge on any atom is -0.394 e. The van der Waals surface area contributed by atoms with Crippen LogP contribution in [0.4, 0.5) is 0 Å². The Morgan fingerprint density at radius 2 is 1.52 bits per heavy atom. The first-order valence-electron chi connectivity index (χ1n) is 6.41. The van der Waals surface area contributed by atoms with Crippen LogP contribution in [0, 0.1) is 0 Å². The first kappa shape index (κ1) is 18.6. The molecule has 1 fully saturated rings. The smallest absolute Gasteiger partial charge is 0.187 e. The van der Waals surface area contributed by atoms with E-state index in [0.29, 0.717) is 0 Å². The first-order chi connectivity index (χ1) is 9.87. The van der Waals surface area contributed by atoms with E-state index in [1.807, 2.05) is 0 Å². The molecule has 0 unspecified atom stereocenters. The van der Waals surface area contributed by atoms with Crippen LogP contribution in [0.15, 0.2) is 0 Å². The van der Waals surface area contributed by atoms with Crippen molar-refractivity contribution in [3.05, 3.63) is 0 Å². The van der Waals surface area contributed by atoms with E-state index in [-0.39, 0.29) is 0 Å². The van der Waals surface area contributed by atoms with Gasteiger partial charge in [-0.2, -0.15) is 0 Å². The molecule has 0 spiro atoms. The summed E-state index contributed by atoms with van der Waals surface area (Å²) in [6, 6.07) is 0. The Hall–Kier alpha value is -0.400. The molecule has 1 aliphatic heterocycles. The monoisotopic (exact) mass is 314 g/mol. The molecule has 10 nitrogen and oxygen atoms in total. The molecule has 126 valence electrons. The normalized spacial score (nSPS) is 38.0. The largest absolute Gasteiger partial charge is 0.394 e. The Labute approximate surface area is 120 Å². The van der Waals surface area contributed by atoms with Gasteiger partial charge < -0.3 is 50.3 Å². The highest BCUT2D eigenvalue weighted by Gasteiger charge is 2.45. The molecule has 1 aliphatic rings. The molecule has 0 radical (unpaired) electrons. The lowest BCUT2D eigenvalue weighted by Crippen LogP contribution is -2.60. The zero-order chi connectivity index (χ0) is 16.2. The van der Waals surface area contributed by atoms with Crippen LogP contribution in [-0.4, -0.2) is 110 Å². The lowest BCUT2D eigenvalue weighted by Gasteiger charge is -2.41. The first-order valence-corrected chi connectivity index (χ1v) is 6.41. The molecule has 8 N–H and O–H groups in total. The summed E-state index contributed by atoms with van der Waals surface area (Å²) in [5, 5.41) is 74.7. The van der Waals surface area contributed by atoms with Crippen LogP contribution >= 0.6 is 0 Å². The topological polar surface area (TPSA) is 180 Å². The highest BCUT2D eigenvalue weighted by Crippen LogP contribution is 2.23. The summed E-state index contributed by atoms with van der Waals surface area (Å²) >= 11 is 0. The van der Waals surface area contributed by atoms with Crippen molar-refractivity contribution in [2.75, 3.05) is 19.8 Å². The molecule has 0 aliphatic carbocycles. The molecule has 0 aromatic heterocycles. The number of aliphatic hydroxyl groups is 8. The summed E-state index contributed by atoms with van der Waals surface area (Å²) in [5.74, 6) is 0. The Morgan fingerprint density at radius 1 is 0.905 bits per heavy atom. The van der Waals surface area contributed by atoms with Crippen LogP contribution in [0.3, 0.4) is 0 Å². The van der Waals surface area contributed by atoms with Crippen LogP contribution in [0.1, 0.15) is 0 Å². The predicted octanol–water partition coefficient (Wildman–Crippen LogP) is -5.12. The maximum Gasteiger partial charge on any atom is 0.187 e. The van der Waals surface area contributed by atoms with Gasteiger partial charge in [0, 0.05) is 0 Å². The van der Waals surface area contributed by atoms with Gasteiger partial charge >= 0.3 is 0 Å². The molecule has 0 bridgehead atoms. The van der Waals surface area contributed by atoms with Crippen molar-refractivity contribution in [1.82, 2.24) is 0 Å². The SMILES string of the molecule is OC[C@H](O[C@@H]1O[C@H](CO)[C@@H](O)[C@H](O)[C@H]1O)[C@@H](O)[C@@H](O)CO. The molecular formula is C11H22O10. The number of rotatable bonds is 7. The van der Waals surface area contributed by atoms with Crippen LogP contribution < -0.4 is 0 Å². The lowest BCUT2D eigenvalue weighted by atomic mass is 9.99. The van der Waals surface area contributed by atoms with E-state index >= 15 is 0 Å². The Bertz CT molecular complexity index is 301. The summed E-state index contributed by atoms with van der Waals surface area (Å²) in [5.41, 5.74) is 0. The highest BCUT2D eigenvalue weighted by atomic mass is 16.7. The number of ether oxygens (including phenoxy) is 2. The molecule has 0 aromatic rings. The summed E-state index contributed by atoms with van der Waals surface area (Å²) in [4.78, 5) is 0. The van der Waals surface area contributed by atoms with Crippen LogP contribution in [0.5, 0.6) is 0 Å². The molecular weight excluding hydrogens is 292 g/mol. The van der Waals surface area contributed by atoms with Crippen LogP contribution in [0.25, 0.3) is 0 Å². The molecule has 10 heteroatoms. The Kier molecular flexibility index (Phi) is 7.36. The third-order valence-corrected chi connectivity index (χ3v) is 3.30. The van der Waals surface area contributed by atoms with Gasteiger partial charge in [0.1, 0.15) is 42.7 Å².